The van der Waals surface area contributed by atoms with E-state index in [2.05, 4.69) is 4.98 Å². The Hall–Kier alpha value is -3.13. The highest BCUT2D eigenvalue weighted by molar-refractivity contribution is 7.56. The summed E-state index contributed by atoms with van der Waals surface area (Å²) in [7, 11) is -4.43. The van der Waals surface area contributed by atoms with Crippen LogP contribution in [0.3, 0.4) is 0 Å². The number of rotatable bonds is 9. The number of amides is 2. The Morgan fingerprint density at radius 1 is 1.12 bits per heavy atom. The Morgan fingerprint density at radius 2 is 1.76 bits per heavy atom. The van der Waals surface area contributed by atoms with Gasteiger partial charge in [0.2, 0.25) is 5.91 Å². The number of ether oxygens (including phenoxy) is 1. The lowest BCUT2D eigenvalue weighted by atomic mass is 10.0. The Kier molecular flexibility index (Phi) is 7.58. The van der Waals surface area contributed by atoms with Crippen LogP contribution < -0.4 is 11.2 Å². The zero-order chi connectivity index (χ0) is 24.2. The van der Waals surface area contributed by atoms with Crippen molar-refractivity contribution in [2.45, 2.75) is 38.7 Å². The first kappa shape index (κ1) is 24.5. The monoisotopic (exact) mass is 472 g/mol. The summed E-state index contributed by atoms with van der Waals surface area (Å²) in [5, 5.41) is 0.814. The van der Waals surface area contributed by atoms with E-state index < -0.39 is 37.3 Å². The zero-order valence-corrected chi connectivity index (χ0v) is 19.4. The van der Waals surface area contributed by atoms with Gasteiger partial charge < -0.3 is 20.3 Å². The molecule has 0 saturated carbocycles. The van der Waals surface area contributed by atoms with Crippen LogP contribution in [-0.4, -0.2) is 38.6 Å². The third kappa shape index (κ3) is 5.82. The van der Waals surface area contributed by atoms with Gasteiger partial charge >= 0.3 is 6.09 Å². The van der Waals surface area contributed by atoms with Crippen LogP contribution in [0.25, 0.3) is 10.9 Å². The van der Waals surface area contributed by atoms with Crippen molar-refractivity contribution in [2.75, 3.05) is 0 Å². The van der Waals surface area contributed by atoms with Crippen molar-refractivity contribution in [3.05, 3.63) is 71.9 Å². The molecule has 2 amide bonds. The van der Waals surface area contributed by atoms with Crippen molar-refractivity contribution in [2.24, 2.45) is 17.2 Å². The molecule has 0 aliphatic heterocycles. The summed E-state index contributed by atoms with van der Waals surface area (Å²) in [6.07, 6.45) is 0.668. The zero-order valence-electron chi connectivity index (χ0n) is 18.5. The van der Waals surface area contributed by atoms with Gasteiger partial charge in [-0.1, -0.05) is 62.4 Å². The van der Waals surface area contributed by atoms with E-state index in [0.29, 0.717) is 5.56 Å². The number of nitrogens with one attached hydrogen (secondary N) is 1. The smallest absolute Gasteiger partial charge is 0.411 e. The second-order valence-corrected chi connectivity index (χ2v) is 10.2. The highest BCUT2D eigenvalue weighted by Crippen LogP contribution is 2.43. The van der Waals surface area contributed by atoms with Crippen molar-refractivity contribution < 1.29 is 23.8 Å². The average Bonchev–Trinajstić information content (AvgIpc) is 3.16. The molecule has 1 aromatic heterocycles. The maximum absolute atomic E-state index is 13.2. The lowest BCUT2D eigenvalue weighted by molar-refractivity contribution is -0.124. The number of nitrogens with zero attached hydrogens (tertiary/aromatic N) is 1. The number of aromatic nitrogens is 1. The van der Waals surface area contributed by atoms with Gasteiger partial charge in [0.15, 0.2) is 0 Å². The van der Waals surface area contributed by atoms with Crippen molar-refractivity contribution in [1.82, 2.24) is 9.88 Å². The molecule has 33 heavy (non-hydrogen) atoms. The predicted octanol–water partition coefficient (Wildman–Crippen LogP) is 3.33. The van der Waals surface area contributed by atoms with E-state index >= 15 is 0 Å². The first-order chi connectivity index (χ1) is 15.6. The first-order valence-electron chi connectivity index (χ1n) is 10.5. The lowest BCUT2D eigenvalue weighted by Crippen LogP contribution is -2.56. The molecule has 1 heterocycles. The SMILES string of the molecule is CC(C)C(C(N)=O)N(C(=O)OCc1ccccc1)C(Cc1c[nH]c2ccccc12)P(N)(=O)O. The minimum absolute atomic E-state index is 0.0781. The number of H-pyrrole nitrogens is 1. The third-order valence-corrected chi connectivity index (χ3v) is 6.75. The maximum Gasteiger partial charge on any atom is 0.411 e. The number of primary amides is 1. The summed E-state index contributed by atoms with van der Waals surface area (Å²) >= 11 is 0. The van der Waals surface area contributed by atoms with Crippen molar-refractivity contribution in [3.8, 4) is 0 Å². The summed E-state index contributed by atoms with van der Waals surface area (Å²) in [5.74, 6) is -2.71. The van der Waals surface area contributed by atoms with Crippen LogP contribution in [0, 0.1) is 5.92 Å². The fourth-order valence-electron chi connectivity index (χ4n) is 3.91. The fraction of sp³-hybridized carbons (Fsp3) is 0.304. The van der Waals surface area contributed by atoms with Crippen molar-refractivity contribution >= 4 is 30.4 Å². The van der Waals surface area contributed by atoms with Gasteiger partial charge in [-0.3, -0.25) is 19.8 Å². The van der Waals surface area contributed by atoms with Gasteiger partial charge in [-0.05, 0) is 23.1 Å². The Labute approximate surface area is 192 Å². The molecule has 0 spiro atoms. The molecular weight excluding hydrogens is 443 g/mol. The molecule has 0 saturated heterocycles. The molecule has 0 radical (unpaired) electrons. The van der Waals surface area contributed by atoms with Crippen LogP contribution in [0.1, 0.15) is 25.0 Å². The van der Waals surface area contributed by atoms with Crippen LogP contribution >= 0.6 is 7.52 Å². The van der Waals surface area contributed by atoms with Crippen LogP contribution in [0.15, 0.2) is 60.8 Å². The Morgan fingerprint density at radius 3 is 2.36 bits per heavy atom. The van der Waals surface area contributed by atoms with Gasteiger partial charge in [0.1, 0.15) is 18.4 Å². The van der Waals surface area contributed by atoms with E-state index in [1.807, 2.05) is 30.3 Å². The molecule has 0 aliphatic carbocycles. The van der Waals surface area contributed by atoms with Gasteiger partial charge in [-0.25, -0.2) is 4.79 Å². The number of carbonyl (C=O) groups is 2. The Balaban J connectivity index is 2.00. The molecule has 0 bridgehead atoms. The molecule has 6 N–H and O–H groups in total. The average molecular weight is 472 g/mol. The molecule has 3 unspecified atom stereocenters. The third-order valence-electron chi connectivity index (χ3n) is 5.46. The summed E-state index contributed by atoms with van der Waals surface area (Å²) in [6, 6.07) is 15.2. The molecule has 10 heteroatoms. The first-order valence-corrected chi connectivity index (χ1v) is 12.3. The number of fused-ring (bicyclic) bond motifs is 1. The molecular formula is C23H29N4O5P. The van der Waals surface area contributed by atoms with E-state index in [1.165, 1.54) is 0 Å². The molecule has 3 aromatic rings. The maximum atomic E-state index is 13.2. The predicted molar refractivity (Wildman–Crippen MR) is 126 cm³/mol. The molecule has 3 atom stereocenters. The number of nitrogens with two attached hydrogens (primary N) is 2. The number of para-hydroxylation sites is 1. The minimum Gasteiger partial charge on any atom is -0.445 e. The number of hydrogen-bond donors (Lipinski definition) is 4. The lowest BCUT2D eigenvalue weighted by Gasteiger charge is -2.38. The summed E-state index contributed by atoms with van der Waals surface area (Å²) in [5.41, 5.74) is 13.6. The normalized spacial score (nSPS) is 15.1. The van der Waals surface area contributed by atoms with Gasteiger partial charge in [0, 0.05) is 23.5 Å². The quantitative estimate of drug-likeness (QED) is 0.351. The molecule has 2 aromatic carbocycles. The van der Waals surface area contributed by atoms with Crippen molar-refractivity contribution in [1.29, 1.82) is 0 Å². The highest BCUT2D eigenvalue weighted by atomic mass is 31.2. The molecule has 0 fully saturated rings. The van der Waals surface area contributed by atoms with E-state index in [0.717, 1.165) is 21.4 Å². The second kappa shape index (κ2) is 10.2. The van der Waals surface area contributed by atoms with Gasteiger partial charge in [0.25, 0.3) is 7.52 Å². The number of benzene rings is 2. The largest absolute Gasteiger partial charge is 0.445 e. The number of hydrogen-bond acceptors (Lipinski definition) is 4. The van der Waals surface area contributed by atoms with E-state index in [9.17, 15) is 19.0 Å². The van der Waals surface area contributed by atoms with Gasteiger partial charge in [-0.2, -0.15) is 0 Å². The van der Waals surface area contributed by atoms with Crippen LogP contribution in [0.4, 0.5) is 4.79 Å². The highest BCUT2D eigenvalue weighted by Gasteiger charge is 2.44. The molecule has 3 rings (SSSR count). The van der Waals surface area contributed by atoms with Gasteiger partial charge in [-0.15, -0.1) is 0 Å². The van der Waals surface area contributed by atoms with Crippen LogP contribution in [0.2, 0.25) is 0 Å². The van der Waals surface area contributed by atoms with E-state index in [4.69, 9.17) is 16.0 Å². The molecule has 0 aliphatic rings. The minimum atomic E-state index is -4.43. The summed E-state index contributed by atoms with van der Waals surface area (Å²) < 4.78 is 18.3. The van der Waals surface area contributed by atoms with Crippen LogP contribution in [0.5, 0.6) is 0 Å². The fourth-order valence-corrected chi connectivity index (χ4v) is 4.96. The van der Waals surface area contributed by atoms with E-state index in [1.54, 1.807) is 44.3 Å². The molecule has 9 nitrogen and oxygen atoms in total. The number of carbonyl (C=O) groups excluding carboxylic acids is 2. The van der Waals surface area contributed by atoms with E-state index in [-0.39, 0.29) is 13.0 Å². The summed E-state index contributed by atoms with van der Waals surface area (Å²) in [6.45, 7) is 3.29. The van der Waals surface area contributed by atoms with Crippen LogP contribution in [-0.2, 0) is 27.1 Å². The summed E-state index contributed by atoms with van der Waals surface area (Å²) in [4.78, 5) is 40.1. The van der Waals surface area contributed by atoms with Crippen molar-refractivity contribution in [3.63, 3.8) is 0 Å². The van der Waals surface area contributed by atoms with Gasteiger partial charge in [0.05, 0.1) is 0 Å². The molecule has 176 valence electrons. The topological polar surface area (TPSA) is 152 Å². The second-order valence-electron chi connectivity index (χ2n) is 8.26. The number of aromatic amines is 1. The Bertz CT molecular complexity index is 1160. The standard InChI is InChI=1S/C23H29N4O5P/c1-15(2)21(22(24)28)27(23(29)32-14-16-8-4-3-5-9-16)20(33(25,30)31)12-17-13-26-19-11-7-6-10-18(17)19/h3-11,13,15,20-21,26H,12,14H2,1-2H3,(H2,24,28)(H3,25,30,31).